The Balaban J connectivity index is 4.25. The molecule has 0 radical (unpaired) electrons. The van der Waals surface area contributed by atoms with E-state index in [1.54, 1.807) is 0 Å². The second-order valence-electron chi connectivity index (χ2n) is 2.09. The smallest absolute Gasteiger partial charge is 0.314 e. The Labute approximate surface area is 60.3 Å². The molecule has 66 valence electrons. The SMILES string of the molecule is CC(C(N)C(F)(F)F)[N+](=O)[O-]. The lowest BCUT2D eigenvalue weighted by Crippen LogP contribution is -2.48. The average molecular weight is 172 g/mol. The fourth-order valence-electron chi connectivity index (χ4n) is 0.405. The molecular weight excluding hydrogens is 165 g/mol. The van der Waals surface area contributed by atoms with E-state index < -0.39 is 23.2 Å². The van der Waals surface area contributed by atoms with E-state index in [-0.39, 0.29) is 0 Å². The van der Waals surface area contributed by atoms with Crippen LogP contribution in [0.15, 0.2) is 0 Å². The molecule has 2 N–H and O–H groups in total. The van der Waals surface area contributed by atoms with E-state index in [4.69, 9.17) is 0 Å². The zero-order valence-corrected chi connectivity index (χ0v) is 5.63. The number of hydrogen-bond donors (Lipinski definition) is 1. The second kappa shape index (κ2) is 3.04. The molecule has 0 aromatic heterocycles. The first kappa shape index (κ1) is 10.2. The number of halogens is 3. The quantitative estimate of drug-likeness (QED) is 0.488. The van der Waals surface area contributed by atoms with Gasteiger partial charge in [0.15, 0.2) is 6.04 Å². The van der Waals surface area contributed by atoms with Crippen LogP contribution in [0.25, 0.3) is 0 Å². The predicted octanol–water partition coefficient (Wildman–Crippen LogP) is 0.541. The molecule has 0 aliphatic heterocycles. The standard InChI is InChI=1S/C4H7F3N2O2/c1-2(9(10)11)3(8)4(5,6)7/h2-3H,8H2,1H3. The first-order valence-corrected chi connectivity index (χ1v) is 2.72. The van der Waals surface area contributed by atoms with Crippen LogP contribution in [0.2, 0.25) is 0 Å². The van der Waals surface area contributed by atoms with Crippen LogP contribution < -0.4 is 5.73 Å². The topological polar surface area (TPSA) is 69.2 Å². The molecule has 11 heavy (non-hydrogen) atoms. The van der Waals surface area contributed by atoms with Crippen LogP contribution >= 0.6 is 0 Å². The van der Waals surface area contributed by atoms with Crippen molar-refractivity contribution < 1.29 is 18.1 Å². The molecule has 2 atom stereocenters. The van der Waals surface area contributed by atoms with Crippen LogP contribution in [0.5, 0.6) is 0 Å². The molecule has 0 spiro atoms. The summed E-state index contributed by atoms with van der Waals surface area (Å²) < 4.78 is 34.9. The number of nitro groups is 1. The van der Waals surface area contributed by atoms with E-state index in [0.29, 0.717) is 0 Å². The molecular formula is C4H7F3N2O2. The van der Waals surface area contributed by atoms with E-state index in [1.807, 2.05) is 0 Å². The lowest BCUT2D eigenvalue weighted by Gasteiger charge is -2.15. The number of alkyl halides is 3. The van der Waals surface area contributed by atoms with Gasteiger partial charge in [0.05, 0.1) is 0 Å². The molecule has 0 aromatic carbocycles. The van der Waals surface area contributed by atoms with Crippen molar-refractivity contribution in [1.29, 1.82) is 0 Å². The van der Waals surface area contributed by atoms with Crippen LogP contribution in [-0.4, -0.2) is 23.2 Å². The van der Waals surface area contributed by atoms with E-state index in [2.05, 4.69) is 5.73 Å². The molecule has 0 heterocycles. The number of hydrogen-bond acceptors (Lipinski definition) is 3. The third-order valence-electron chi connectivity index (χ3n) is 1.23. The highest BCUT2D eigenvalue weighted by Gasteiger charge is 2.45. The third-order valence-corrected chi connectivity index (χ3v) is 1.23. The predicted molar refractivity (Wildman–Crippen MR) is 30.5 cm³/mol. The first-order valence-electron chi connectivity index (χ1n) is 2.72. The summed E-state index contributed by atoms with van der Waals surface area (Å²) in [5, 5.41) is 9.81. The van der Waals surface area contributed by atoms with E-state index in [0.717, 1.165) is 6.92 Å². The van der Waals surface area contributed by atoms with Gasteiger partial charge in [0.2, 0.25) is 6.04 Å². The van der Waals surface area contributed by atoms with Crippen molar-refractivity contribution in [3.63, 3.8) is 0 Å². The molecule has 0 bridgehead atoms. The summed E-state index contributed by atoms with van der Waals surface area (Å²) >= 11 is 0. The summed E-state index contributed by atoms with van der Waals surface area (Å²) in [7, 11) is 0. The van der Waals surface area contributed by atoms with E-state index in [9.17, 15) is 23.3 Å². The molecule has 0 aromatic rings. The molecule has 0 aliphatic rings. The lowest BCUT2D eigenvalue weighted by molar-refractivity contribution is -0.528. The molecule has 7 heteroatoms. The molecule has 0 amide bonds. The maximum Gasteiger partial charge on any atom is 0.410 e. The minimum absolute atomic E-state index is 0.818. The normalized spacial score (nSPS) is 17.5. The molecule has 0 rings (SSSR count). The largest absolute Gasteiger partial charge is 0.410 e. The van der Waals surface area contributed by atoms with Crippen molar-refractivity contribution in [3.05, 3.63) is 10.1 Å². The highest BCUT2D eigenvalue weighted by Crippen LogP contribution is 2.21. The molecule has 0 fully saturated rings. The molecule has 4 nitrogen and oxygen atoms in total. The van der Waals surface area contributed by atoms with Gasteiger partial charge < -0.3 is 5.73 Å². The minimum atomic E-state index is -4.70. The van der Waals surface area contributed by atoms with Gasteiger partial charge in [-0.2, -0.15) is 13.2 Å². The Morgan fingerprint density at radius 1 is 1.55 bits per heavy atom. The zero-order valence-electron chi connectivity index (χ0n) is 5.63. The lowest BCUT2D eigenvalue weighted by atomic mass is 10.1. The van der Waals surface area contributed by atoms with Gasteiger partial charge in [0, 0.05) is 11.8 Å². The van der Waals surface area contributed by atoms with Crippen LogP contribution in [0.4, 0.5) is 13.2 Å². The van der Waals surface area contributed by atoms with Crippen LogP contribution in [0, 0.1) is 10.1 Å². The molecule has 0 saturated heterocycles. The van der Waals surface area contributed by atoms with Crippen molar-refractivity contribution in [1.82, 2.24) is 0 Å². The van der Waals surface area contributed by atoms with Crippen molar-refractivity contribution >= 4 is 0 Å². The van der Waals surface area contributed by atoms with E-state index >= 15 is 0 Å². The summed E-state index contributed by atoms with van der Waals surface area (Å²) in [6.45, 7) is 0.818. The monoisotopic (exact) mass is 172 g/mol. The second-order valence-corrected chi connectivity index (χ2v) is 2.09. The first-order chi connectivity index (χ1) is 4.76. The van der Waals surface area contributed by atoms with Gasteiger partial charge in [0.25, 0.3) is 0 Å². The Kier molecular flexibility index (Phi) is 2.80. The Morgan fingerprint density at radius 3 is 2.00 bits per heavy atom. The highest BCUT2D eigenvalue weighted by molar-refractivity contribution is 4.75. The van der Waals surface area contributed by atoms with Gasteiger partial charge in [-0.1, -0.05) is 0 Å². The van der Waals surface area contributed by atoms with Crippen LogP contribution in [-0.2, 0) is 0 Å². The fourth-order valence-corrected chi connectivity index (χ4v) is 0.405. The zero-order chi connectivity index (χ0) is 9.23. The van der Waals surface area contributed by atoms with Crippen molar-refractivity contribution in [2.75, 3.05) is 0 Å². The summed E-state index contributed by atoms with van der Waals surface area (Å²) in [5.41, 5.74) is 4.53. The Hall–Kier alpha value is -0.850. The van der Waals surface area contributed by atoms with Crippen molar-refractivity contribution in [2.45, 2.75) is 25.2 Å². The van der Waals surface area contributed by atoms with Gasteiger partial charge in [-0.25, -0.2) is 0 Å². The van der Waals surface area contributed by atoms with Crippen LogP contribution in [0.3, 0.4) is 0 Å². The fraction of sp³-hybridized carbons (Fsp3) is 1.00. The van der Waals surface area contributed by atoms with Gasteiger partial charge >= 0.3 is 6.18 Å². The van der Waals surface area contributed by atoms with Gasteiger partial charge in [0.1, 0.15) is 0 Å². The number of rotatable bonds is 2. The highest BCUT2D eigenvalue weighted by atomic mass is 19.4. The number of nitrogens with zero attached hydrogens (tertiary/aromatic N) is 1. The molecule has 0 saturated carbocycles. The Bertz CT molecular complexity index is 158. The molecule has 2 unspecified atom stereocenters. The minimum Gasteiger partial charge on any atom is -0.314 e. The van der Waals surface area contributed by atoms with Crippen molar-refractivity contribution in [3.8, 4) is 0 Å². The van der Waals surface area contributed by atoms with Crippen LogP contribution in [0.1, 0.15) is 6.92 Å². The van der Waals surface area contributed by atoms with Gasteiger partial charge in [-0.05, 0) is 0 Å². The van der Waals surface area contributed by atoms with Gasteiger partial charge in [-0.15, -0.1) is 0 Å². The van der Waals surface area contributed by atoms with E-state index in [1.165, 1.54) is 0 Å². The van der Waals surface area contributed by atoms with Gasteiger partial charge in [-0.3, -0.25) is 10.1 Å². The summed E-state index contributed by atoms with van der Waals surface area (Å²) in [5.74, 6) is 0. The molecule has 0 aliphatic carbocycles. The summed E-state index contributed by atoms with van der Waals surface area (Å²) in [4.78, 5) is 8.76. The maximum atomic E-state index is 11.6. The summed E-state index contributed by atoms with van der Waals surface area (Å²) in [6, 6.07) is -4.19. The van der Waals surface area contributed by atoms with Crippen molar-refractivity contribution in [2.24, 2.45) is 5.73 Å². The third kappa shape index (κ3) is 2.71. The average Bonchev–Trinajstić information content (AvgIpc) is 1.82. The summed E-state index contributed by atoms with van der Waals surface area (Å²) in [6.07, 6.45) is -4.70. The Morgan fingerprint density at radius 2 is 1.91 bits per heavy atom. The number of nitrogens with two attached hydrogens (primary N) is 1. The maximum absolute atomic E-state index is 11.6.